The Balaban J connectivity index is 1.91. The molecular weight excluding hydrogens is 332 g/mol. The van der Waals surface area contributed by atoms with E-state index in [-0.39, 0.29) is 5.91 Å². The van der Waals surface area contributed by atoms with Crippen molar-refractivity contribution >= 4 is 28.8 Å². The fourth-order valence-electron chi connectivity index (χ4n) is 2.90. The highest BCUT2D eigenvalue weighted by atomic mass is 35.5. The van der Waals surface area contributed by atoms with Crippen molar-refractivity contribution in [3.05, 3.63) is 27.0 Å². The number of hydrogen-bond acceptors (Lipinski definition) is 4. The van der Waals surface area contributed by atoms with E-state index in [0.29, 0.717) is 15.0 Å². The van der Waals surface area contributed by atoms with Crippen molar-refractivity contribution in [2.75, 3.05) is 13.1 Å². The Labute approximate surface area is 145 Å². The minimum Gasteiger partial charge on any atom is -0.338 e. The average Bonchev–Trinajstić information content (AvgIpc) is 2.89. The molecule has 0 aromatic carbocycles. The first kappa shape index (κ1) is 16.5. The number of halogens is 1. The quantitative estimate of drug-likeness (QED) is 0.823. The number of likely N-dealkylation sites (tertiary alicyclic amines) is 1. The first-order valence-corrected chi connectivity index (χ1v) is 9.17. The normalized spacial score (nSPS) is 15.7. The summed E-state index contributed by atoms with van der Waals surface area (Å²) in [6.45, 7) is 7.36. The van der Waals surface area contributed by atoms with Gasteiger partial charge in [-0.3, -0.25) is 4.79 Å². The monoisotopic (exact) mass is 352 g/mol. The molecular formula is C16H21ClN4OS. The second-order valence-electron chi connectivity index (χ2n) is 6.01. The van der Waals surface area contributed by atoms with Gasteiger partial charge in [-0.05, 0) is 33.6 Å². The number of nitrogens with zero attached hydrogens (tertiary/aromatic N) is 4. The van der Waals surface area contributed by atoms with Crippen LogP contribution in [-0.4, -0.2) is 38.7 Å². The molecule has 0 bridgehead atoms. The molecule has 0 N–H and O–H groups in total. The van der Waals surface area contributed by atoms with Crippen molar-refractivity contribution in [1.82, 2.24) is 19.7 Å². The first-order valence-electron chi connectivity index (χ1n) is 7.98. The van der Waals surface area contributed by atoms with Crippen molar-refractivity contribution in [2.24, 2.45) is 0 Å². The Morgan fingerprint density at radius 3 is 2.30 bits per heavy atom. The van der Waals surface area contributed by atoms with E-state index < -0.39 is 0 Å². The zero-order chi connectivity index (χ0) is 16.6. The molecule has 1 aliphatic heterocycles. The van der Waals surface area contributed by atoms with Gasteiger partial charge in [0.25, 0.3) is 5.91 Å². The maximum atomic E-state index is 12.8. The van der Waals surface area contributed by atoms with E-state index in [9.17, 15) is 4.79 Å². The highest BCUT2D eigenvalue weighted by Gasteiger charge is 2.24. The average molecular weight is 353 g/mol. The van der Waals surface area contributed by atoms with Crippen LogP contribution in [0.1, 0.15) is 52.4 Å². The topological polar surface area (TPSA) is 51.0 Å². The van der Waals surface area contributed by atoms with Gasteiger partial charge in [-0.25, -0.2) is 9.67 Å². The molecule has 3 rings (SSSR count). The summed E-state index contributed by atoms with van der Waals surface area (Å²) < 4.78 is 1.73. The Hall–Kier alpha value is -1.40. The predicted molar refractivity (Wildman–Crippen MR) is 92.8 cm³/mol. The lowest BCUT2D eigenvalue weighted by atomic mass is 10.2. The molecule has 1 fully saturated rings. The van der Waals surface area contributed by atoms with Crippen LogP contribution in [0.2, 0.25) is 5.02 Å². The van der Waals surface area contributed by atoms with Crippen molar-refractivity contribution in [3.8, 4) is 5.13 Å². The van der Waals surface area contributed by atoms with Gasteiger partial charge < -0.3 is 4.90 Å². The summed E-state index contributed by atoms with van der Waals surface area (Å²) in [5.41, 5.74) is 2.40. The van der Waals surface area contributed by atoms with E-state index in [4.69, 9.17) is 11.6 Å². The summed E-state index contributed by atoms with van der Waals surface area (Å²) in [4.78, 5) is 20.0. The van der Waals surface area contributed by atoms with E-state index in [0.717, 1.165) is 43.0 Å². The van der Waals surface area contributed by atoms with Crippen LogP contribution >= 0.6 is 22.9 Å². The summed E-state index contributed by atoms with van der Waals surface area (Å²) in [6, 6.07) is 0. The third-order valence-electron chi connectivity index (χ3n) is 4.26. The second kappa shape index (κ2) is 6.61. The van der Waals surface area contributed by atoms with Crippen molar-refractivity contribution in [3.63, 3.8) is 0 Å². The van der Waals surface area contributed by atoms with Crippen LogP contribution in [0.3, 0.4) is 0 Å². The zero-order valence-corrected chi connectivity index (χ0v) is 15.3. The van der Waals surface area contributed by atoms with Crippen LogP contribution in [0, 0.1) is 20.8 Å². The van der Waals surface area contributed by atoms with Crippen molar-refractivity contribution < 1.29 is 4.79 Å². The molecule has 23 heavy (non-hydrogen) atoms. The Morgan fingerprint density at radius 2 is 1.74 bits per heavy atom. The minimum absolute atomic E-state index is 0.0979. The highest BCUT2D eigenvalue weighted by Crippen LogP contribution is 2.28. The van der Waals surface area contributed by atoms with Gasteiger partial charge in [-0.2, -0.15) is 5.10 Å². The summed E-state index contributed by atoms with van der Waals surface area (Å²) in [5, 5.41) is 5.78. The van der Waals surface area contributed by atoms with E-state index in [1.807, 2.05) is 25.7 Å². The molecule has 0 aliphatic carbocycles. The summed E-state index contributed by atoms with van der Waals surface area (Å²) in [5.74, 6) is 0.0979. The van der Waals surface area contributed by atoms with Crippen LogP contribution in [0.4, 0.5) is 0 Å². The lowest BCUT2D eigenvalue weighted by Gasteiger charge is -2.19. The highest BCUT2D eigenvalue weighted by molar-refractivity contribution is 7.16. The van der Waals surface area contributed by atoms with Gasteiger partial charge >= 0.3 is 0 Å². The fourth-order valence-corrected chi connectivity index (χ4v) is 4.06. The Morgan fingerprint density at radius 1 is 1.09 bits per heavy atom. The fraction of sp³-hybridized carbons (Fsp3) is 0.562. The molecule has 1 aliphatic rings. The maximum Gasteiger partial charge on any atom is 0.265 e. The molecule has 2 aromatic rings. The molecule has 7 heteroatoms. The molecule has 0 saturated carbocycles. The third-order valence-corrected chi connectivity index (χ3v) is 5.92. The molecule has 0 radical (unpaired) electrons. The number of amides is 1. The molecule has 0 atom stereocenters. The zero-order valence-electron chi connectivity index (χ0n) is 13.7. The van der Waals surface area contributed by atoms with Gasteiger partial charge in [0.05, 0.1) is 22.1 Å². The van der Waals surface area contributed by atoms with Gasteiger partial charge in [-0.1, -0.05) is 35.8 Å². The Bertz CT molecular complexity index is 729. The molecule has 124 valence electrons. The van der Waals surface area contributed by atoms with Crippen LogP contribution in [-0.2, 0) is 0 Å². The van der Waals surface area contributed by atoms with Gasteiger partial charge in [-0.15, -0.1) is 0 Å². The van der Waals surface area contributed by atoms with E-state index in [1.54, 1.807) is 4.68 Å². The van der Waals surface area contributed by atoms with Crippen LogP contribution < -0.4 is 0 Å². The number of aryl methyl sites for hydroxylation is 2. The van der Waals surface area contributed by atoms with E-state index in [1.165, 1.54) is 24.2 Å². The van der Waals surface area contributed by atoms with Crippen LogP contribution in [0.5, 0.6) is 0 Å². The number of thiazole rings is 1. The summed E-state index contributed by atoms with van der Waals surface area (Å²) in [6.07, 6.45) is 4.59. The summed E-state index contributed by atoms with van der Waals surface area (Å²) in [7, 11) is 0. The van der Waals surface area contributed by atoms with Gasteiger partial charge in [0.1, 0.15) is 4.88 Å². The molecule has 0 spiro atoms. The van der Waals surface area contributed by atoms with Gasteiger partial charge in [0.2, 0.25) is 5.13 Å². The molecule has 2 aromatic heterocycles. The molecule has 1 amide bonds. The minimum atomic E-state index is 0.0979. The van der Waals surface area contributed by atoms with E-state index >= 15 is 0 Å². The molecule has 5 nitrogen and oxygen atoms in total. The Kier molecular flexibility index (Phi) is 4.73. The lowest BCUT2D eigenvalue weighted by Crippen LogP contribution is -2.31. The number of rotatable bonds is 2. The van der Waals surface area contributed by atoms with Crippen LogP contribution in [0.25, 0.3) is 5.13 Å². The second-order valence-corrected chi connectivity index (χ2v) is 7.37. The number of carbonyl (C=O) groups is 1. The lowest BCUT2D eigenvalue weighted by molar-refractivity contribution is 0.0765. The largest absolute Gasteiger partial charge is 0.338 e. The number of hydrogen-bond donors (Lipinski definition) is 0. The third kappa shape index (κ3) is 3.15. The maximum absolute atomic E-state index is 12.8. The van der Waals surface area contributed by atoms with Crippen molar-refractivity contribution in [2.45, 2.75) is 46.5 Å². The number of carbonyl (C=O) groups excluding carboxylic acids is 1. The first-order chi connectivity index (χ1) is 11.0. The molecule has 0 unspecified atom stereocenters. The standard InChI is InChI=1S/C16H21ClN4OS/c1-10-13(17)12(3)21(19-10)16-18-11(2)14(23-16)15(22)20-8-6-4-5-7-9-20/h4-9H2,1-3H3. The van der Waals surface area contributed by atoms with Gasteiger partial charge in [0, 0.05) is 13.1 Å². The molecule has 1 saturated heterocycles. The van der Waals surface area contributed by atoms with Crippen LogP contribution in [0.15, 0.2) is 0 Å². The SMILES string of the molecule is Cc1nc(-n2nc(C)c(Cl)c2C)sc1C(=O)N1CCCCCC1. The number of aromatic nitrogens is 3. The smallest absolute Gasteiger partial charge is 0.265 e. The molecule has 3 heterocycles. The predicted octanol–water partition coefficient (Wildman–Crippen LogP) is 3.92. The summed E-state index contributed by atoms with van der Waals surface area (Å²) >= 11 is 7.61. The van der Waals surface area contributed by atoms with Crippen molar-refractivity contribution in [1.29, 1.82) is 0 Å². The van der Waals surface area contributed by atoms with Gasteiger partial charge in [0.15, 0.2) is 0 Å². The van der Waals surface area contributed by atoms with E-state index in [2.05, 4.69) is 10.1 Å².